The Morgan fingerprint density at radius 2 is 1.50 bits per heavy atom. The Bertz CT molecular complexity index is 291. The molecule has 108 valence electrons. The molecule has 0 aliphatic rings. The van der Waals surface area contributed by atoms with Crippen molar-refractivity contribution in [1.29, 1.82) is 5.41 Å². The van der Waals surface area contributed by atoms with Crippen LogP contribution in [0.1, 0.15) is 27.7 Å². The number of nitrogens with one attached hydrogen (secondary N) is 1. The van der Waals surface area contributed by atoms with Crippen molar-refractivity contribution >= 4 is 35.9 Å². The predicted molar refractivity (Wildman–Crippen MR) is 77.2 cm³/mol. The van der Waals surface area contributed by atoms with Crippen molar-refractivity contribution in [3.8, 4) is 0 Å². The van der Waals surface area contributed by atoms with Crippen LogP contribution in [-0.4, -0.2) is 42.5 Å². The molecule has 0 aromatic rings. The fourth-order valence-corrected chi connectivity index (χ4v) is 0.574. The number of carbonyl (C=O) groups is 2. The summed E-state index contributed by atoms with van der Waals surface area (Å²) < 4.78 is 0. The van der Waals surface area contributed by atoms with E-state index in [-0.39, 0.29) is 49.7 Å². The van der Waals surface area contributed by atoms with E-state index in [0.29, 0.717) is 0 Å². The summed E-state index contributed by atoms with van der Waals surface area (Å²) in [6.45, 7) is 2.81. The van der Waals surface area contributed by atoms with Crippen molar-refractivity contribution < 1.29 is 9.59 Å². The van der Waals surface area contributed by atoms with Gasteiger partial charge in [-0.15, -0.1) is 12.4 Å². The first kappa shape index (κ1) is 25.3. The number of nitrogens with zero attached hydrogens (tertiary/aromatic N) is 2. The largest absolute Gasteiger partial charge is 0.369 e. The Morgan fingerprint density at radius 1 is 1.17 bits per heavy atom. The molecule has 8 heteroatoms. The molecule has 0 atom stereocenters. The van der Waals surface area contributed by atoms with Crippen LogP contribution in [-0.2, 0) is 9.59 Å². The van der Waals surface area contributed by atoms with E-state index in [1.807, 2.05) is 0 Å². The second-order valence-electron chi connectivity index (χ2n) is 3.33. The van der Waals surface area contributed by atoms with Gasteiger partial charge in [-0.3, -0.25) is 15.0 Å². The normalized spacial score (nSPS) is 8.78. The first-order valence-electron chi connectivity index (χ1n) is 4.51. The molecule has 0 amide bonds. The second kappa shape index (κ2) is 13.4. The lowest BCUT2D eigenvalue weighted by Gasteiger charge is -2.08. The van der Waals surface area contributed by atoms with Crippen molar-refractivity contribution in [3.63, 3.8) is 0 Å². The van der Waals surface area contributed by atoms with E-state index in [1.54, 1.807) is 19.0 Å². The number of halogens is 1. The molecule has 0 spiro atoms. The van der Waals surface area contributed by atoms with Crippen LogP contribution in [0.2, 0.25) is 0 Å². The van der Waals surface area contributed by atoms with Gasteiger partial charge in [0.1, 0.15) is 11.6 Å². The third-order valence-electron chi connectivity index (χ3n) is 1.19. The van der Waals surface area contributed by atoms with Crippen LogP contribution in [0, 0.1) is 5.41 Å². The highest BCUT2D eigenvalue weighted by Gasteiger charge is 1.94. The lowest BCUT2D eigenvalue weighted by atomic mass is 10.2. The van der Waals surface area contributed by atoms with Crippen LogP contribution in [0.25, 0.3) is 0 Å². The van der Waals surface area contributed by atoms with Crippen molar-refractivity contribution in [1.82, 2.24) is 4.90 Å². The lowest BCUT2D eigenvalue weighted by Crippen LogP contribution is -2.32. The van der Waals surface area contributed by atoms with Crippen molar-refractivity contribution in [2.75, 3.05) is 14.1 Å². The fraction of sp³-hybridized carbons (Fsp3) is 0.600. The quantitative estimate of drug-likeness (QED) is 0.383. The maximum Gasteiger partial charge on any atom is 0.215 e. The fourth-order valence-electron chi connectivity index (χ4n) is 0.574. The third-order valence-corrected chi connectivity index (χ3v) is 1.19. The Labute approximate surface area is 115 Å². The maximum absolute atomic E-state index is 10.0. The third kappa shape index (κ3) is 23.9. The number of ketones is 2. The molecule has 0 saturated heterocycles. The Morgan fingerprint density at radius 3 is 1.56 bits per heavy atom. The highest BCUT2D eigenvalue weighted by Crippen LogP contribution is 1.80. The monoisotopic (exact) mass is 281 g/mol. The van der Waals surface area contributed by atoms with Gasteiger partial charge in [0.15, 0.2) is 5.96 Å². The van der Waals surface area contributed by atoms with Crippen LogP contribution >= 0.6 is 12.4 Å². The number of aliphatic imine (C=N–C) groups is 1. The average Bonchev–Trinajstić information content (AvgIpc) is 2.00. The van der Waals surface area contributed by atoms with Crippen molar-refractivity contribution in [2.45, 2.75) is 27.7 Å². The molecule has 0 saturated carbocycles. The Hall–Kier alpha value is -1.63. The minimum absolute atomic E-state index is 0. The molecule has 0 rings (SSSR count). The highest BCUT2D eigenvalue weighted by molar-refractivity contribution is 5.96. The van der Waals surface area contributed by atoms with Crippen LogP contribution in [0.15, 0.2) is 4.99 Å². The van der Waals surface area contributed by atoms with Gasteiger partial charge in [-0.2, -0.15) is 4.99 Å². The molecule has 0 aromatic heterocycles. The molecular formula is C10H24ClN5O2. The van der Waals surface area contributed by atoms with Crippen LogP contribution in [0.3, 0.4) is 0 Å². The van der Waals surface area contributed by atoms with Gasteiger partial charge in [-0.25, -0.2) is 0 Å². The summed E-state index contributed by atoms with van der Waals surface area (Å²) in [7, 11) is 3.45. The SMILES string of the molecule is C.CC(=O)CC(C)=O.CN(C)C(N)=NC(=N)N.Cl. The summed E-state index contributed by atoms with van der Waals surface area (Å²) in [6.07, 6.45) is 0.0833. The Balaban J connectivity index is -0.000000100. The highest BCUT2D eigenvalue weighted by atomic mass is 35.5. The van der Waals surface area contributed by atoms with Crippen LogP contribution in [0.4, 0.5) is 0 Å². The number of hydrogen-bond acceptors (Lipinski definition) is 3. The molecule has 5 N–H and O–H groups in total. The van der Waals surface area contributed by atoms with E-state index in [2.05, 4.69) is 4.99 Å². The zero-order chi connectivity index (χ0) is 13.3. The molecule has 0 aliphatic carbocycles. The smallest absolute Gasteiger partial charge is 0.215 e. The summed E-state index contributed by atoms with van der Waals surface area (Å²) in [6, 6.07) is 0. The molecule has 0 fully saturated rings. The standard InChI is InChI=1S/C5H8O2.C4H11N5.CH4.ClH/c1-4(6)3-5(2)7;1-9(2)4(7)8-3(5)6;;/h3H2,1-2H3;1-2H3,(H5,5,6,7,8);1H4;1H. The van der Waals surface area contributed by atoms with E-state index in [9.17, 15) is 9.59 Å². The first-order valence-corrected chi connectivity index (χ1v) is 4.51. The minimum Gasteiger partial charge on any atom is -0.369 e. The number of guanidine groups is 2. The van der Waals surface area contributed by atoms with E-state index in [0.717, 1.165) is 0 Å². The van der Waals surface area contributed by atoms with Gasteiger partial charge >= 0.3 is 0 Å². The van der Waals surface area contributed by atoms with E-state index >= 15 is 0 Å². The van der Waals surface area contributed by atoms with Gasteiger partial charge in [-0.05, 0) is 13.8 Å². The minimum atomic E-state index is -0.277. The summed E-state index contributed by atoms with van der Waals surface area (Å²) in [5.41, 5.74) is 10.2. The average molecular weight is 282 g/mol. The number of rotatable bonds is 2. The van der Waals surface area contributed by atoms with Crippen molar-refractivity contribution in [2.24, 2.45) is 16.5 Å². The second-order valence-corrected chi connectivity index (χ2v) is 3.33. The van der Waals surface area contributed by atoms with Gasteiger partial charge in [-0.1, -0.05) is 7.43 Å². The zero-order valence-electron chi connectivity index (χ0n) is 10.5. The molecule has 0 radical (unpaired) electrons. The summed E-state index contributed by atoms with van der Waals surface area (Å²) in [4.78, 5) is 25.1. The summed E-state index contributed by atoms with van der Waals surface area (Å²) >= 11 is 0. The first-order chi connectivity index (χ1) is 7.16. The summed E-state index contributed by atoms with van der Waals surface area (Å²) in [5, 5.41) is 6.70. The number of carbonyl (C=O) groups excluding carboxylic acids is 2. The van der Waals surface area contributed by atoms with Gasteiger partial charge in [0, 0.05) is 14.1 Å². The van der Waals surface area contributed by atoms with E-state index in [4.69, 9.17) is 16.9 Å². The Kier molecular flexibility index (Phi) is 18.9. The molecule has 0 aromatic carbocycles. The number of Topliss-reactive ketones (excluding diaryl/α,β-unsaturated/α-hetero) is 2. The van der Waals surface area contributed by atoms with Gasteiger partial charge in [0.2, 0.25) is 5.96 Å². The molecule has 0 aliphatic heterocycles. The van der Waals surface area contributed by atoms with E-state index in [1.165, 1.54) is 13.8 Å². The topological polar surface area (TPSA) is 126 Å². The van der Waals surface area contributed by atoms with Crippen molar-refractivity contribution in [3.05, 3.63) is 0 Å². The number of hydrogen-bond donors (Lipinski definition) is 3. The van der Waals surface area contributed by atoms with Gasteiger partial charge in [0.25, 0.3) is 0 Å². The number of nitrogens with two attached hydrogens (primary N) is 2. The maximum atomic E-state index is 10.0. The molecule has 0 bridgehead atoms. The summed E-state index contributed by atoms with van der Waals surface area (Å²) in [5.74, 6) is -0.163. The van der Waals surface area contributed by atoms with E-state index < -0.39 is 0 Å². The lowest BCUT2D eigenvalue weighted by molar-refractivity contribution is -0.124. The predicted octanol–water partition coefficient (Wildman–Crippen LogP) is 0.369. The van der Waals surface area contributed by atoms with Crippen LogP contribution < -0.4 is 11.5 Å². The zero-order valence-corrected chi connectivity index (χ0v) is 11.3. The molecule has 18 heavy (non-hydrogen) atoms. The van der Waals surface area contributed by atoms with Crippen LogP contribution in [0.5, 0.6) is 0 Å². The van der Waals surface area contributed by atoms with Gasteiger partial charge in [0.05, 0.1) is 6.42 Å². The molecule has 0 unspecified atom stereocenters. The van der Waals surface area contributed by atoms with Gasteiger partial charge < -0.3 is 16.4 Å². The molecular weight excluding hydrogens is 258 g/mol. The molecule has 0 heterocycles. The molecule has 7 nitrogen and oxygen atoms in total.